The van der Waals surface area contributed by atoms with Crippen molar-refractivity contribution in [3.05, 3.63) is 22.9 Å². The summed E-state index contributed by atoms with van der Waals surface area (Å²) in [4.78, 5) is 0. The van der Waals surface area contributed by atoms with Crippen molar-refractivity contribution >= 4 is 12.2 Å². The summed E-state index contributed by atoms with van der Waals surface area (Å²) in [6.07, 6.45) is 1.66. The molecule has 2 rings (SSSR count). The van der Waals surface area contributed by atoms with Gasteiger partial charge in [-0.25, -0.2) is 0 Å². The SMILES string of the molecule is Cc1occc1-c1n[nH]c(=S)n1C(C)(C)C. The van der Waals surface area contributed by atoms with E-state index in [-0.39, 0.29) is 5.54 Å². The second kappa shape index (κ2) is 3.59. The summed E-state index contributed by atoms with van der Waals surface area (Å²) in [6.45, 7) is 8.20. The van der Waals surface area contributed by atoms with E-state index in [2.05, 4.69) is 31.0 Å². The highest BCUT2D eigenvalue weighted by molar-refractivity contribution is 7.71. The second-order valence-corrected chi connectivity index (χ2v) is 5.14. The monoisotopic (exact) mass is 237 g/mol. The number of furan rings is 1. The Morgan fingerprint density at radius 3 is 2.62 bits per heavy atom. The van der Waals surface area contributed by atoms with Crippen molar-refractivity contribution in [2.75, 3.05) is 0 Å². The van der Waals surface area contributed by atoms with Gasteiger partial charge in [-0.1, -0.05) is 0 Å². The quantitative estimate of drug-likeness (QED) is 0.774. The Balaban J connectivity index is 2.69. The van der Waals surface area contributed by atoms with Gasteiger partial charge in [-0.15, -0.1) is 0 Å². The molecule has 0 atom stereocenters. The molecule has 0 unspecified atom stereocenters. The zero-order valence-electron chi connectivity index (χ0n) is 9.87. The normalized spacial score (nSPS) is 12.0. The maximum Gasteiger partial charge on any atom is 0.195 e. The molecule has 0 aliphatic heterocycles. The molecule has 0 aromatic carbocycles. The number of nitrogens with one attached hydrogen (secondary N) is 1. The van der Waals surface area contributed by atoms with E-state index in [0.717, 1.165) is 17.1 Å². The average Bonchev–Trinajstić information content (AvgIpc) is 2.69. The Kier molecular flexibility index (Phi) is 2.50. The first-order valence-electron chi connectivity index (χ1n) is 5.13. The molecule has 2 aromatic rings. The molecule has 86 valence electrons. The molecular weight excluding hydrogens is 222 g/mol. The summed E-state index contributed by atoms with van der Waals surface area (Å²) in [5.41, 5.74) is 0.866. The number of hydrogen-bond acceptors (Lipinski definition) is 3. The first-order chi connectivity index (χ1) is 7.41. The molecule has 4 nitrogen and oxygen atoms in total. The molecular formula is C11H15N3OS. The van der Waals surface area contributed by atoms with E-state index in [0.29, 0.717) is 4.77 Å². The third-order valence-corrected chi connectivity index (χ3v) is 2.72. The number of hydrogen-bond donors (Lipinski definition) is 1. The van der Waals surface area contributed by atoms with Gasteiger partial charge in [-0.2, -0.15) is 5.10 Å². The van der Waals surface area contributed by atoms with Gasteiger partial charge in [0, 0.05) is 5.54 Å². The van der Waals surface area contributed by atoms with Crippen LogP contribution in [0.25, 0.3) is 11.4 Å². The van der Waals surface area contributed by atoms with Crippen molar-refractivity contribution < 1.29 is 4.42 Å². The molecule has 0 amide bonds. The smallest absolute Gasteiger partial charge is 0.195 e. The number of H-pyrrole nitrogens is 1. The summed E-state index contributed by atoms with van der Waals surface area (Å²) < 4.78 is 7.92. The lowest BCUT2D eigenvalue weighted by Crippen LogP contribution is -2.23. The first kappa shape index (κ1) is 11.1. The zero-order chi connectivity index (χ0) is 11.9. The van der Waals surface area contributed by atoms with E-state index in [1.165, 1.54) is 0 Å². The van der Waals surface area contributed by atoms with E-state index in [9.17, 15) is 0 Å². The highest BCUT2D eigenvalue weighted by Gasteiger charge is 2.22. The molecule has 2 aromatic heterocycles. The number of aryl methyl sites for hydroxylation is 1. The standard InChI is InChI=1S/C11H15N3OS/c1-7-8(5-6-15-7)9-12-13-10(16)14(9)11(2,3)4/h5-6H,1-4H3,(H,13,16). The summed E-state index contributed by atoms with van der Waals surface area (Å²) in [6, 6.07) is 1.91. The van der Waals surface area contributed by atoms with Crippen LogP contribution in [-0.2, 0) is 5.54 Å². The Morgan fingerprint density at radius 2 is 2.12 bits per heavy atom. The van der Waals surface area contributed by atoms with Gasteiger partial charge in [0.05, 0.1) is 11.8 Å². The summed E-state index contributed by atoms with van der Waals surface area (Å²) in [5, 5.41) is 7.10. The van der Waals surface area contributed by atoms with E-state index < -0.39 is 0 Å². The second-order valence-electron chi connectivity index (χ2n) is 4.75. The fraction of sp³-hybridized carbons (Fsp3) is 0.455. The summed E-state index contributed by atoms with van der Waals surface area (Å²) in [7, 11) is 0. The van der Waals surface area contributed by atoms with Crippen LogP contribution in [0.4, 0.5) is 0 Å². The van der Waals surface area contributed by atoms with Gasteiger partial charge in [0.1, 0.15) is 5.76 Å². The van der Waals surface area contributed by atoms with Crippen LogP contribution in [0.1, 0.15) is 26.5 Å². The van der Waals surface area contributed by atoms with Crippen LogP contribution in [0.3, 0.4) is 0 Å². The van der Waals surface area contributed by atoms with E-state index in [4.69, 9.17) is 16.6 Å². The van der Waals surface area contributed by atoms with Gasteiger partial charge in [-0.05, 0) is 46.0 Å². The predicted octanol–water partition coefficient (Wildman–Crippen LogP) is 3.26. The van der Waals surface area contributed by atoms with Crippen molar-refractivity contribution in [2.45, 2.75) is 33.2 Å². The topological polar surface area (TPSA) is 46.8 Å². The van der Waals surface area contributed by atoms with Crippen molar-refractivity contribution in [1.82, 2.24) is 14.8 Å². The highest BCUT2D eigenvalue weighted by atomic mass is 32.1. The Hall–Kier alpha value is -1.36. The summed E-state index contributed by atoms with van der Waals surface area (Å²) >= 11 is 5.25. The van der Waals surface area contributed by atoms with Gasteiger partial charge >= 0.3 is 0 Å². The minimum Gasteiger partial charge on any atom is -0.469 e. The lowest BCUT2D eigenvalue weighted by Gasteiger charge is -2.22. The molecule has 1 N–H and O–H groups in total. The minimum absolute atomic E-state index is 0.108. The van der Waals surface area contributed by atoms with Crippen LogP contribution >= 0.6 is 12.2 Å². The van der Waals surface area contributed by atoms with Crippen LogP contribution in [-0.4, -0.2) is 14.8 Å². The van der Waals surface area contributed by atoms with Gasteiger partial charge in [-0.3, -0.25) is 9.67 Å². The van der Waals surface area contributed by atoms with Crippen LogP contribution in [0.5, 0.6) is 0 Å². The third-order valence-electron chi connectivity index (χ3n) is 2.44. The van der Waals surface area contributed by atoms with Crippen molar-refractivity contribution in [3.63, 3.8) is 0 Å². The Morgan fingerprint density at radius 1 is 1.44 bits per heavy atom. The van der Waals surface area contributed by atoms with E-state index in [1.807, 2.05) is 17.6 Å². The van der Waals surface area contributed by atoms with Gasteiger partial charge in [0.25, 0.3) is 0 Å². The number of rotatable bonds is 1. The van der Waals surface area contributed by atoms with E-state index >= 15 is 0 Å². The highest BCUT2D eigenvalue weighted by Crippen LogP contribution is 2.27. The summed E-state index contributed by atoms with van der Waals surface area (Å²) in [5.74, 6) is 1.67. The van der Waals surface area contributed by atoms with Crippen molar-refractivity contribution in [1.29, 1.82) is 0 Å². The van der Waals surface area contributed by atoms with Crippen LogP contribution in [0.2, 0.25) is 0 Å². The van der Waals surface area contributed by atoms with Gasteiger partial charge in [0.2, 0.25) is 0 Å². The number of nitrogens with zero attached hydrogens (tertiary/aromatic N) is 2. The molecule has 0 saturated carbocycles. The third kappa shape index (κ3) is 1.71. The Bertz CT molecular complexity index is 556. The van der Waals surface area contributed by atoms with Crippen LogP contribution < -0.4 is 0 Å². The minimum atomic E-state index is -0.108. The van der Waals surface area contributed by atoms with Crippen molar-refractivity contribution in [3.8, 4) is 11.4 Å². The van der Waals surface area contributed by atoms with Gasteiger partial charge in [0.15, 0.2) is 10.6 Å². The predicted molar refractivity (Wildman–Crippen MR) is 64.8 cm³/mol. The molecule has 0 fully saturated rings. The maximum absolute atomic E-state index is 5.29. The molecule has 16 heavy (non-hydrogen) atoms. The number of aromatic nitrogens is 3. The average molecular weight is 237 g/mol. The molecule has 5 heteroatoms. The molecule has 0 radical (unpaired) electrons. The lowest BCUT2D eigenvalue weighted by molar-refractivity contribution is 0.395. The molecule has 0 aliphatic rings. The van der Waals surface area contributed by atoms with Crippen LogP contribution in [0, 0.1) is 11.7 Å². The molecule has 0 saturated heterocycles. The maximum atomic E-state index is 5.29. The van der Waals surface area contributed by atoms with Gasteiger partial charge < -0.3 is 4.42 Å². The largest absolute Gasteiger partial charge is 0.469 e. The van der Waals surface area contributed by atoms with Crippen molar-refractivity contribution in [2.24, 2.45) is 0 Å². The number of aromatic amines is 1. The Labute approximate surface area is 99.3 Å². The first-order valence-corrected chi connectivity index (χ1v) is 5.54. The fourth-order valence-electron chi connectivity index (χ4n) is 1.72. The lowest BCUT2D eigenvalue weighted by atomic mass is 10.1. The van der Waals surface area contributed by atoms with Crippen LogP contribution in [0.15, 0.2) is 16.7 Å². The molecule has 0 bridgehead atoms. The van der Waals surface area contributed by atoms with E-state index in [1.54, 1.807) is 6.26 Å². The molecule has 0 aliphatic carbocycles. The zero-order valence-corrected chi connectivity index (χ0v) is 10.7. The molecule has 2 heterocycles. The molecule has 0 spiro atoms. The fourth-order valence-corrected chi connectivity index (χ4v) is 2.12.